The van der Waals surface area contributed by atoms with E-state index in [1.54, 1.807) is 6.07 Å². The Kier molecular flexibility index (Phi) is 4.76. The Morgan fingerprint density at radius 3 is 2.64 bits per heavy atom. The predicted molar refractivity (Wildman–Crippen MR) is 87.1 cm³/mol. The summed E-state index contributed by atoms with van der Waals surface area (Å²) >= 11 is 0. The van der Waals surface area contributed by atoms with Gasteiger partial charge >= 0.3 is 6.18 Å². The molecule has 3 rings (SSSR count). The number of nitrogens with one attached hydrogen (secondary N) is 2. The van der Waals surface area contributed by atoms with Gasteiger partial charge in [0.05, 0.1) is 28.5 Å². The van der Waals surface area contributed by atoms with Crippen molar-refractivity contribution in [3.63, 3.8) is 0 Å². The van der Waals surface area contributed by atoms with Gasteiger partial charge in [-0.3, -0.25) is 9.40 Å². The molecule has 2 aromatic heterocycles. The van der Waals surface area contributed by atoms with E-state index in [1.165, 1.54) is 0 Å². The molecular formula is C15H10F5N5O2S. The molecule has 2 N–H and O–H groups in total. The van der Waals surface area contributed by atoms with Crippen molar-refractivity contribution in [2.45, 2.75) is 24.0 Å². The summed E-state index contributed by atoms with van der Waals surface area (Å²) in [6.07, 6.45) is -4.79. The van der Waals surface area contributed by atoms with Crippen molar-refractivity contribution in [3.05, 3.63) is 41.9 Å². The van der Waals surface area contributed by atoms with E-state index >= 15 is 0 Å². The van der Waals surface area contributed by atoms with Crippen molar-refractivity contribution in [2.24, 2.45) is 0 Å². The zero-order valence-electron chi connectivity index (χ0n) is 13.6. The second-order valence-electron chi connectivity index (χ2n) is 5.62. The Hall–Kier alpha value is -3.14. The van der Waals surface area contributed by atoms with Crippen LogP contribution in [0.2, 0.25) is 0 Å². The molecule has 0 unspecified atom stereocenters. The van der Waals surface area contributed by atoms with E-state index in [2.05, 4.69) is 14.8 Å². The highest BCUT2D eigenvalue weighted by Crippen LogP contribution is 2.39. The summed E-state index contributed by atoms with van der Waals surface area (Å²) in [5.41, 5.74) is -1.90. The van der Waals surface area contributed by atoms with Crippen LogP contribution < -0.4 is 4.72 Å². The number of halogens is 5. The van der Waals surface area contributed by atoms with Crippen molar-refractivity contribution in [2.75, 3.05) is 4.72 Å². The first kappa shape index (κ1) is 19.6. The quantitative estimate of drug-likeness (QED) is 0.619. The summed E-state index contributed by atoms with van der Waals surface area (Å²) in [7, 11) is -4.33. The average Bonchev–Trinajstić information content (AvgIpc) is 3.20. The fourth-order valence-corrected chi connectivity index (χ4v) is 3.61. The van der Waals surface area contributed by atoms with Crippen molar-refractivity contribution in [1.82, 2.24) is 14.8 Å². The highest BCUT2D eigenvalue weighted by atomic mass is 32.2. The first-order chi connectivity index (χ1) is 13.0. The Balaban J connectivity index is 2.04. The number of nitrogens with zero attached hydrogens (tertiary/aromatic N) is 3. The van der Waals surface area contributed by atoms with Crippen LogP contribution in [0.25, 0.3) is 10.9 Å². The van der Waals surface area contributed by atoms with Crippen molar-refractivity contribution < 1.29 is 30.4 Å². The van der Waals surface area contributed by atoms with Gasteiger partial charge in [-0.15, -0.1) is 0 Å². The maximum absolute atomic E-state index is 13.2. The minimum atomic E-state index is -4.76. The van der Waals surface area contributed by atoms with Gasteiger partial charge in [0.15, 0.2) is 0 Å². The number of nitriles is 1. The van der Waals surface area contributed by atoms with Crippen LogP contribution in [0.3, 0.4) is 0 Å². The van der Waals surface area contributed by atoms with Crippen LogP contribution in [0.15, 0.2) is 35.6 Å². The van der Waals surface area contributed by atoms with E-state index in [4.69, 9.17) is 5.26 Å². The number of sulfonamides is 1. The monoisotopic (exact) mass is 419 g/mol. The van der Waals surface area contributed by atoms with Gasteiger partial charge in [-0.1, -0.05) is 0 Å². The lowest BCUT2D eigenvalue weighted by Gasteiger charge is -2.12. The average molecular weight is 419 g/mol. The van der Waals surface area contributed by atoms with Gasteiger partial charge in [0.2, 0.25) is 0 Å². The summed E-state index contributed by atoms with van der Waals surface area (Å²) in [5, 5.41) is 12.1. The molecule has 0 aliphatic heterocycles. The molecule has 28 heavy (non-hydrogen) atoms. The standard InChI is InChI=1S/C15H10F5N5O2S/c16-12(17)7-25-6-9(5-23-25)28(26,27)24-11-2-1-10(15(18,19)20)13-8(3-21)4-22-14(11)13/h1-2,4-6,12,22,24H,7H2. The molecular weight excluding hydrogens is 409 g/mol. The Bertz CT molecular complexity index is 1170. The Labute approximate surface area is 154 Å². The topological polar surface area (TPSA) is 104 Å². The summed E-state index contributed by atoms with van der Waals surface area (Å²) in [5.74, 6) is 0. The van der Waals surface area contributed by atoms with Crippen molar-refractivity contribution >= 4 is 26.6 Å². The number of fused-ring (bicyclic) bond motifs is 1. The normalized spacial score (nSPS) is 12.5. The van der Waals surface area contributed by atoms with Gasteiger partial charge < -0.3 is 4.98 Å². The van der Waals surface area contributed by atoms with Crippen LogP contribution in [0, 0.1) is 11.3 Å². The fourth-order valence-electron chi connectivity index (χ4n) is 2.59. The molecule has 0 amide bonds. The lowest BCUT2D eigenvalue weighted by Crippen LogP contribution is -2.14. The van der Waals surface area contributed by atoms with E-state index in [1.807, 2.05) is 0 Å². The largest absolute Gasteiger partial charge is 0.417 e. The van der Waals surface area contributed by atoms with Crippen LogP contribution >= 0.6 is 0 Å². The Morgan fingerprint density at radius 2 is 2.04 bits per heavy atom. The molecule has 0 fully saturated rings. The molecule has 0 atom stereocenters. The third-order valence-corrected chi connectivity index (χ3v) is 5.07. The van der Waals surface area contributed by atoms with Crippen LogP contribution in [-0.4, -0.2) is 29.6 Å². The van der Waals surface area contributed by atoms with Gasteiger partial charge in [0, 0.05) is 17.8 Å². The molecule has 0 bridgehead atoms. The van der Waals surface area contributed by atoms with Crippen LogP contribution in [-0.2, 0) is 22.7 Å². The van der Waals surface area contributed by atoms with E-state index in [0.29, 0.717) is 6.07 Å². The lowest BCUT2D eigenvalue weighted by molar-refractivity contribution is -0.136. The smallest absolute Gasteiger partial charge is 0.358 e. The number of rotatable bonds is 5. The van der Waals surface area contributed by atoms with Crippen LogP contribution in [0.1, 0.15) is 11.1 Å². The van der Waals surface area contributed by atoms with Gasteiger partial charge in [-0.25, -0.2) is 17.2 Å². The molecule has 7 nitrogen and oxygen atoms in total. The first-order valence-electron chi connectivity index (χ1n) is 7.47. The van der Waals surface area contributed by atoms with Gasteiger partial charge in [-0.05, 0) is 12.1 Å². The number of anilines is 1. The van der Waals surface area contributed by atoms with E-state index < -0.39 is 45.0 Å². The lowest BCUT2D eigenvalue weighted by atomic mass is 10.1. The molecule has 0 radical (unpaired) electrons. The van der Waals surface area contributed by atoms with Gasteiger partial charge in [-0.2, -0.15) is 23.5 Å². The number of H-pyrrole nitrogens is 1. The molecule has 0 aliphatic carbocycles. The molecule has 13 heteroatoms. The van der Waals surface area contributed by atoms with Gasteiger partial charge in [0.25, 0.3) is 16.4 Å². The second-order valence-corrected chi connectivity index (χ2v) is 7.30. The van der Waals surface area contributed by atoms with Gasteiger partial charge in [0.1, 0.15) is 17.5 Å². The highest BCUT2D eigenvalue weighted by molar-refractivity contribution is 7.92. The summed E-state index contributed by atoms with van der Waals surface area (Å²) in [6.45, 7) is -0.817. The molecule has 1 aromatic carbocycles. The molecule has 2 heterocycles. The van der Waals surface area contributed by atoms with Crippen LogP contribution in [0.4, 0.5) is 27.6 Å². The number of aromatic amines is 1. The molecule has 148 valence electrons. The molecule has 3 aromatic rings. The SMILES string of the molecule is N#Cc1c[nH]c2c(NS(=O)(=O)c3cnn(CC(F)F)c3)ccc(C(F)(F)F)c12. The fraction of sp³-hybridized carbons (Fsp3) is 0.200. The van der Waals surface area contributed by atoms with E-state index in [9.17, 15) is 30.4 Å². The minimum absolute atomic E-state index is 0.241. The molecule has 0 saturated carbocycles. The zero-order valence-corrected chi connectivity index (χ0v) is 14.4. The molecule has 0 aliphatic rings. The van der Waals surface area contributed by atoms with Crippen LogP contribution in [0.5, 0.6) is 0 Å². The number of benzene rings is 1. The summed E-state index contributed by atoms with van der Waals surface area (Å²) in [6, 6.07) is 3.15. The predicted octanol–water partition coefficient (Wildman–Crippen LogP) is 3.32. The maximum atomic E-state index is 13.2. The molecule has 0 saturated heterocycles. The summed E-state index contributed by atoms with van der Waals surface area (Å²) < 4.78 is 92.1. The zero-order chi connectivity index (χ0) is 20.7. The van der Waals surface area contributed by atoms with Crippen molar-refractivity contribution in [3.8, 4) is 6.07 Å². The summed E-state index contributed by atoms with van der Waals surface area (Å²) in [4.78, 5) is 2.01. The number of hydrogen-bond donors (Lipinski definition) is 2. The minimum Gasteiger partial charge on any atom is -0.358 e. The number of alkyl halides is 5. The maximum Gasteiger partial charge on any atom is 0.417 e. The second kappa shape index (κ2) is 6.79. The van der Waals surface area contributed by atoms with Crippen molar-refractivity contribution in [1.29, 1.82) is 5.26 Å². The highest BCUT2D eigenvalue weighted by Gasteiger charge is 2.35. The third kappa shape index (κ3) is 3.63. The van der Waals surface area contributed by atoms with E-state index in [-0.39, 0.29) is 16.8 Å². The first-order valence-corrected chi connectivity index (χ1v) is 8.96. The van der Waals surface area contributed by atoms with E-state index in [0.717, 1.165) is 29.3 Å². The molecule has 0 spiro atoms. The third-order valence-electron chi connectivity index (χ3n) is 3.75. The number of aromatic nitrogens is 3. The number of hydrogen-bond acceptors (Lipinski definition) is 4. The Morgan fingerprint density at radius 1 is 1.32 bits per heavy atom.